The molecule has 4 amide bonds. The Hall–Kier alpha value is -3.80. The van der Waals surface area contributed by atoms with Crippen LogP contribution in [-0.4, -0.2) is 96.8 Å². The van der Waals surface area contributed by atoms with E-state index in [0.29, 0.717) is 52.0 Å². The van der Waals surface area contributed by atoms with E-state index in [1.807, 2.05) is 86.3 Å². The van der Waals surface area contributed by atoms with Gasteiger partial charge in [-0.25, -0.2) is 0 Å². The van der Waals surface area contributed by atoms with Gasteiger partial charge in [-0.3, -0.25) is 24.1 Å². The van der Waals surface area contributed by atoms with Crippen molar-refractivity contribution in [2.24, 2.45) is 17.3 Å². The average Bonchev–Trinajstić information content (AvgIpc) is 3.87. The Morgan fingerprint density at radius 2 is 1.27 bits per heavy atom. The number of amides is 4. The molecule has 0 spiro atoms. The van der Waals surface area contributed by atoms with E-state index in [1.54, 1.807) is 0 Å². The lowest BCUT2D eigenvalue weighted by molar-refractivity contribution is -0.134. The molecule has 2 aromatic carbocycles. The van der Waals surface area contributed by atoms with E-state index in [4.69, 9.17) is 4.74 Å². The lowest BCUT2D eigenvalue weighted by Gasteiger charge is -2.32. The third kappa shape index (κ3) is 13.3. The molecule has 11 heteroatoms. The van der Waals surface area contributed by atoms with Crippen molar-refractivity contribution in [3.05, 3.63) is 71.8 Å². The summed E-state index contributed by atoms with van der Waals surface area (Å²) in [6.07, 6.45) is 3.17. The van der Waals surface area contributed by atoms with Gasteiger partial charge in [0.15, 0.2) is 0 Å². The number of carbonyl (C=O) groups is 4. The van der Waals surface area contributed by atoms with Gasteiger partial charge in [-0.2, -0.15) is 0 Å². The molecule has 286 valence electrons. The zero-order valence-electron chi connectivity index (χ0n) is 31.7. The Labute approximate surface area is 310 Å². The number of ether oxygens (including phenoxy) is 1. The maximum atomic E-state index is 14.1. The van der Waals surface area contributed by atoms with Gasteiger partial charge >= 0.3 is 0 Å². The number of hydrogen-bond acceptors (Lipinski definition) is 7. The first kappa shape index (κ1) is 41.0. The van der Waals surface area contributed by atoms with E-state index in [2.05, 4.69) is 35.1 Å². The molecule has 52 heavy (non-hydrogen) atoms. The lowest BCUT2D eigenvalue weighted by Crippen LogP contribution is -2.59. The molecule has 1 aliphatic carbocycles. The monoisotopic (exact) mass is 719 g/mol. The van der Waals surface area contributed by atoms with Crippen molar-refractivity contribution in [1.29, 1.82) is 0 Å². The summed E-state index contributed by atoms with van der Waals surface area (Å²) >= 11 is 0. The Morgan fingerprint density at radius 3 is 1.85 bits per heavy atom. The summed E-state index contributed by atoms with van der Waals surface area (Å²) < 4.78 is 5.41. The van der Waals surface area contributed by atoms with Gasteiger partial charge in [-0.05, 0) is 66.9 Å². The van der Waals surface area contributed by atoms with E-state index >= 15 is 0 Å². The summed E-state index contributed by atoms with van der Waals surface area (Å²) in [6.45, 7) is 12.6. The van der Waals surface area contributed by atoms with Crippen molar-refractivity contribution in [2.45, 2.75) is 110 Å². The van der Waals surface area contributed by atoms with Crippen LogP contribution in [0.3, 0.4) is 0 Å². The number of nitrogens with one attached hydrogen (secondary N) is 4. The van der Waals surface area contributed by atoms with Crippen LogP contribution in [0.25, 0.3) is 0 Å². The zero-order valence-corrected chi connectivity index (χ0v) is 31.7. The first-order valence-electron chi connectivity index (χ1n) is 19.1. The van der Waals surface area contributed by atoms with Gasteiger partial charge in [0, 0.05) is 19.5 Å². The second-order valence-electron chi connectivity index (χ2n) is 15.8. The molecule has 1 saturated heterocycles. The summed E-state index contributed by atoms with van der Waals surface area (Å²) in [5.41, 5.74) is 1.67. The van der Waals surface area contributed by atoms with E-state index in [0.717, 1.165) is 24.0 Å². The van der Waals surface area contributed by atoms with Gasteiger partial charge in [-0.1, -0.05) is 95.3 Å². The van der Waals surface area contributed by atoms with E-state index < -0.39 is 42.1 Å². The molecular weight excluding hydrogens is 658 g/mol. The largest absolute Gasteiger partial charge is 0.390 e. The van der Waals surface area contributed by atoms with Gasteiger partial charge in [-0.15, -0.1) is 0 Å². The second kappa shape index (κ2) is 19.9. The Morgan fingerprint density at radius 1 is 0.731 bits per heavy atom. The summed E-state index contributed by atoms with van der Waals surface area (Å²) in [5.74, 6) is -1.29. The highest BCUT2D eigenvalue weighted by Gasteiger charge is 2.48. The number of morpholine rings is 1. The van der Waals surface area contributed by atoms with Crippen LogP contribution in [0.4, 0.5) is 0 Å². The number of rotatable bonds is 20. The summed E-state index contributed by atoms with van der Waals surface area (Å²) in [5, 5.41) is 23.2. The summed E-state index contributed by atoms with van der Waals surface area (Å²) in [7, 11) is 0. The maximum absolute atomic E-state index is 14.1. The van der Waals surface area contributed by atoms with Gasteiger partial charge in [0.05, 0.1) is 31.9 Å². The number of carbonyl (C=O) groups excluding carboxylic acids is 4. The third-order valence-electron chi connectivity index (χ3n) is 10.1. The highest BCUT2D eigenvalue weighted by atomic mass is 16.5. The quantitative estimate of drug-likeness (QED) is 0.141. The molecule has 5 atom stereocenters. The van der Waals surface area contributed by atoms with Gasteiger partial charge in [0.25, 0.3) is 0 Å². The predicted molar refractivity (Wildman–Crippen MR) is 202 cm³/mol. The van der Waals surface area contributed by atoms with Crippen LogP contribution < -0.4 is 21.3 Å². The highest BCUT2D eigenvalue weighted by molar-refractivity contribution is 5.94. The lowest BCUT2D eigenvalue weighted by atomic mass is 9.89. The molecule has 5 N–H and O–H groups in total. The minimum Gasteiger partial charge on any atom is -0.390 e. The molecule has 1 aliphatic heterocycles. The standard InChI is InChI=1S/C41H61N5O6/c1-28(2)24-33(37(48)41(5)18-19-41)43-40(51)35(26-31-14-10-7-11-15-31)45-39(50)34(25-29(3)4)44-38(49)32(17-16-30-12-8-6-9-13-30)42-36(47)27-46-20-22-52-23-21-46/h6-15,28-29,32-35,37,48H,16-27H2,1-5H3,(H,42,47)(H,43,51)(H,44,49)(H,45,50)/t32-,33-,34-,35-,37?/m0/s1. The number of aliphatic hydroxyl groups excluding tert-OH is 1. The van der Waals surface area contributed by atoms with Crippen LogP contribution in [0.5, 0.6) is 0 Å². The molecule has 2 fully saturated rings. The van der Waals surface area contributed by atoms with Gasteiger partial charge in [0.2, 0.25) is 23.6 Å². The Bertz CT molecular complexity index is 1430. The van der Waals surface area contributed by atoms with Crippen LogP contribution in [0.1, 0.15) is 77.8 Å². The van der Waals surface area contributed by atoms with Gasteiger partial charge in [0.1, 0.15) is 18.1 Å². The fourth-order valence-electron chi connectivity index (χ4n) is 6.77. The molecule has 1 saturated carbocycles. The number of aliphatic hydroxyl groups is 1. The zero-order chi connectivity index (χ0) is 37.7. The topological polar surface area (TPSA) is 149 Å². The molecule has 11 nitrogen and oxygen atoms in total. The predicted octanol–water partition coefficient (Wildman–Crippen LogP) is 3.39. The second-order valence-corrected chi connectivity index (χ2v) is 15.8. The number of benzene rings is 2. The van der Waals surface area contributed by atoms with E-state index in [-0.39, 0.29) is 42.0 Å². The van der Waals surface area contributed by atoms with Crippen LogP contribution >= 0.6 is 0 Å². The Kier molecular flexibility index (Phi) is 15.7. The fraction of sp³-hybridized carbons (Fsp3) is 0.610. The molecule has 4 rings (SSSR count). The normalized spacial score (nSPS) is 18.5. The first-order valence-corrected chi connectivity index (χ1v) is 19.1. The molecule has 2 aromatic rings. The van der Waals surface area contributed by atoms with Crippen LogP contribution in [0.2, 0.25) is 0 Å². The summed E-state index contributed by atoms with van der Waals surface area (Å²) in [6, 6.07) is 16.0. The molecule has 0 radical (unpaired) electrons. The molecule has 2 aliphatic rings. The molecule has 0 aromatic heterocycles. The fourth-order valence-corrected chi connectivity index (χ4v) is 6.77. The third-order valence-corrected chi connectivity index (χ3v) is 10.1. The van der Waals surface area contributed by atoms with E-state index in [1.165, 1.54) is 0 Å². The Balaban J connectivity index is 1.51. The van der Waals surface area contributed by atoms with Gasteiger partial charge < -0.3 is 31.1 Å². The summed E-state index contributed by atoms with van der Waals surface area (Å²) in [4.78, 5) is 57.3. The minimum atomic E-state index is -0.948. The van der Waals surface area contributed by atoms with E-state index in [9.17, 15) is 24.3 Å². The van der Waals surface area contributed by atoms with Crippen LogP contribution in [-0.2, 0) is 36.8 Å². The molecule has 0 bridgehead atoms. The number of aryl methyl sites for hydroxylation is 1. The molecule has 1 heterocycles. The maximum Gasteiger partial charge on any atom is 0.243 e. The SMILES string of the molecule is CC(C)C[C@H](NC(=O)[C@H](CCc1ccccc1)NC(=O)CN1CCOCC1)C(=O)N[C@@H](Cc1ccccc1)C(=O)N[C@@H](CC(C)C)C(O)C1(C)CC1. The van der Waals surface area contributed by atoms with Crippen molar-refractivity contribution < 1.29 is 29.0 Å². The van der Waals surface area contributed by atoms with Crippen molar-refractivity contribution >= 4 is 23.6 Å². The number of hydrogen-bond donors (Lipinski definition) is 5. The van der Waals surface area contributed by atoms with Crippen molar-refractivity contribution in [3.63, 3.8) is 0 Å². The molecular formula is C41H61N5O6. The molecule has 1 unspecified atom stereocenters. The van der Waals surface area contributed by atoms with Crippen molar-refractivity contribution in [1.82, 2.24) is 26.2 Å². The highest BCUT2D eigenvalue weighted by Crippen LogP contribution is 2.49. The smallest absolute Gasteiger partial charge is 0.243 e. The average molecular weight is 720 g/mol. The van der Waals surface area contributed by atoms with Crippen LogP contribution in [0.15, 0.2) is 60.7 Å². The minimum absolute atomic E-state index is 0.0426. The number of nitrogens with zero attached hydrogens (tertiary/aromatic N) is 1. The van der Waals surface area contributed by atoms with Crippen molar-refractivity contribution in [2.75, 3.05) is 32.8 Å². The van der Waals surface area contributed by atoms with Crippen LogP contribution in [0, 0.1) is 17.3 Å². The first-order chi connectivity index (χ1) is 24.8. The van der Waals surface area contributed by atoms with Crippen molar-refractivity contribution in [3.8, 4) is 0 Å².